The Bertz CT molecular complexity index is 1740. The third kappa shape index (κ3) is 9.01. The molecule has 0 aliphatic carbocycles. The zero-order valence-corrected chi connectivity index (χ0v) is 25.0. The Morgan fingerprint density at radius 1 is 0.955 bits per heavy atom. The lowest BCUT2D eigenvalue weighted by Crippen LogP contribution is -2.39. The summed E-state index contributed by atoms with van der Waals surface area (Å²) in [4.78, 5) is 37.0. The molecule has 4 rings (SSSR count). The summed E-state index contributed by atoms with van der Waals surface area (Å²) in [5, 5.41) is 9.13. The number of halogens is 1. The summed E-state index contributed by atoms with van der Waals surface area (Å²) in [5.41, 5.74) is 3.37. The van der Waals surface area contributed by atoms with E-state index < -0.39 is 34.3 Å². The normalized spacial score (nSPS) is 11.3. The second-order valence-corrected chi connectivity index (χ2v) is 11.6. The number of hydrogen-bond acceptors (Lipinski definition) is 8. The Hall–Kier alpha value is -4.98. The lowest BCUT2D eigenvalue weighted by Gasteiger charge is -2.21. The van der Waals surface area contributed by atoms with Gasteiger partial charge < -0.3 is 19.8 Å². The number of sulfonamides is 1. The van der Waals surface area contributed by atoms with Crippen LogP contribution in [-0.4, -0.2) is 50.3 Å². The van der Waals surface area contributed by atoms with Crippen molar-refractivity contribution in [2.45, 2.75) is 18.0 Å². The number of methoxy groups -OCH3 is 1. The number of furan rings is 1. The van der Waals surface area contributed by atoms with Crippen LogP contribution in [-0.2, 0) is 37.5 Å². The van der Waals surface area contributed by atoms with Gasteiger partial charge in [-0.2, -0.15) is 9.41 Å². The average Bonchev–Trinajstić information content (AvgIpc) is 3.47. The summed E-state index contributed by atoms with van der Waals surface area (Å²) < 4.78 is 38.5. The minimum Gasteiger partial charge on any atom is -0.497 e. The monoisotopic (exact) mass is 637 g/mol. The summed E-state index contributed by atoms with van der Waals surface area (Å²) in [6, 6.07) is 24.2. The Labute approximate surface area is 258 Å². The van der Waals surface area contributed by atoms with Crippen molar-refractivity contribution in [1.29, 1.82) is 0 Å². The van der Waals surface area contributed by atoms with Gasteiger partial charge in [-0.05, 0) is 60.2 Å². The number of carbonyl (C=O) groups is 3. The third-order valence-electron chi connectivity index (χ3n) is 5.99. The van der Waals surface area contributed by atoms with E-state index >= 15 is 0 Å². The second-order valence-electron chi connectivity index (χ2n) is 9.18. The summed E-state index contributed by atoms with van der Waals surface area (Å²) in [6.07, 6.45) is 1.22. The predicted molar refractivity (Wildman–Crippen MR) is 163 cm³/mol. The van der Waals surface area contributed by atoms with Gasteiger partial charge in [0.05, 0.1) is 31.3 Å². The molecule has 0 aliphatic rings. The molecule has 44 heavy (non-hydrogen) atoms. The first-order chi connectivity index (χ1) is 21.1. The van der Waals surface area contributed by atoms with Gasteiger partial charge in [0.15, 0.2) is 0 Å². The molecule has 12 nitrogen and oxygen atoms in total. The Morgan fingerprint density at radius 3 is 2.41 bits per heavy atom. The molecule has 3 aromatic carbocycles. The predicted octanol–water partition coefficient (Wildman–Crippen LogP) is 3.54. The van der Waals surface area contributed by atoms with Crippen LogP contribution >= 0.6 is 11.6 Å². The highest BCUT2D eigenvalue weighted by Gasteiger charge is 2.27. The molecule has 0 unspecified atom stereocenters. The van der Waals surface area contributed by atoms with Crippen molar-refractivity contribution in [2.24, 2.45) is 5.10 Å². The number of hydrogen-bond donors (Lipinski definition) is 3. The van der Waals surface area contributed by atoms with E-state index in [9.17, 15) is 22.8 Å². The van der Waals surface area contributed by atoms with Crippen molar-refractivity contribution in [3.8, 4) is 5.75 Å². The molecule has 4 aromatic rings. The van der Waals surface area contributed by atoms with Gasteiger partial charge >= 0.3 is 11.8 Å². The number of nitrogens with zero attached hydrogens (tertiary/aromatic N) is 2. The van der Waals surface area contributed by atoms with Crippen molar-refractivity contribution >= 4 is 51.2 Å². The van der Waals surface area contributed by atoms with Gasteiger partial charge in [-0.15, -0.1) is 0 Å². The number of anilines is 1. The van der Waals surface area contributed by atoms with E-state index in [0.717, 1.165) is 4.31 Å². The molecule has 0 radical (unpaired) electrons. The average molecular weight is 638 g/mol. The first kappa shape index (κ1) is 31.9. The highest BCUT2D eigenvalue weighted by molar-refractivity contribution is 7.89. The standard InChI is InChI=1S/C30H28ClN5O7S/c1-42-24-12-14-27(15-13-24)44(40,41)36(19-21-6-3-2-4-7-21)20-28(37)35-33-18-26-11-10-25(43-26)17-32-29(38)30(39)34-23-9-5-8-22(31)16-23/h2-16,18H,17,19-20H2,1H3,(H,32,38)(H,34,39)(H,35,37)/b33-18-. The molecule has 0 saturated heterocycles. The molecule has 0 spiro atoms. The SMILES string of the molecule is COc1ccc(S(=O)(=O)N(CC(=O)N/N=C\c2ccc(CNC(=O)C(=O)Nc3cccc(Cl)c3)o2)Cc2ccccc2)cc1. The summed E-state index contributed by atoms with van der Waals surface area (Å²) in [7, 11) is -2.58. The minimum absolute atomic E-state index is 0.00248. The van der Waals surface area contributed by atoms with Gasteiger partial charge in [0.1, 0.15) is 17.3 Å². The van der Waals surface area contributed by atoms with Crippen LogP contribution in [0.15, 0.2) is 105 Å². The quantitative estimate of drug-likeness (QED) is 0.122. The number of amides is 3. The van der Waals surface area contributed by atoms with Crippen LogP contribution in [0.2, 0.25) is 5.02 Å². The molecule has 0 aliphatic heterocycles. The molecular formula is C30H28ClN5O7S. The first-order valence-corrected chi connectivity index (χ1v) is 14.9. The van der Waals surface area contributed by atoms with E-state index in [1.807, 2.05) is 0 Å². The molecule has 0 atom stereocenters. The molecule has 0 saturated carbocycles. The lowest BCUT2D eigenvalue weighted by atomic mass is 10.2. The number of rotatable bonds is 12. The lowest BCUT2D eigenvalue weighted by molar-refractivity contribution is -0.136. The third-order valence-corrected chi connectivity index (χ3v) is 8.04. The molecule has 1 heterocycles. The first-order valence-electron chi connectivity index (χ1n) is 13.1. The molecule has 228 valence electrons. The van der Waals surface area contributed by atoms with Crippen LogP contribution in [0.1, 0.15) is 17.1 Å². The minimum atomic E-state index is -4.05. The summed E-state index contributed by atoms with van der Waals surface area (Å²) in [6.45, 7) is -0.635. The van der Waals surface area contributed by atoms with E-state index in [0.29, 0.717) is 27.8 Å². The molecule has 1 aromatic heterocycles. The van der Waals surface area contributed by atoms with Gasteiger partial charge in [-0.1, -0.05) is 48.0 Å². The van der Waals surface area contributed by atoms with Crippen LogP contribution in [0.5, 0.6) is 5.75 Å². The maximum absolute atomic E-state index is 13.4. The zero-order valence-electron chi connectivity index (χ0n) is 23.4. The van der Waals surface area contributed by atoms with Gasteiger partial charge in [0.25, 0.3) is 5.91 Å². The van der Waals surface area contributed by atoms with E-state index in [-0.39, 0.29) is 23.7 Å². The van der Waals surface area contributed by atoms with Crippen molar-refractivity contribution in [3.05, 3.63) is 113 Å². The van der Waals surface area contributed by atoms with Crippen LogP contribution in [0.4, 0.5) is 5.69 Å². The summed E-state index contributed by atoms with van der Waals surface area (Å²) >= 11 is 5.88. The van der Waals surface area contributed by atoms with E-state index in [1.54, 1.807) is 60.7 Å². The highest BCUT2D eigenvalue weighted by Crippen LogP contribution is 2.21. The molecular weight excluding hydrogens is 610 g/mol. The van der Waals surface area contributed by atoms with Crippen LogP contribution in [0.3, 0.4) is 0 Å². The highest BCUT2D eigenvalue weighted by atomic mass is 35.5. The molecule has 0 bridgehead atoms. The molecule has 3 N–H and O–H groups in total. The molecule has 3 amide bonds. The number of carbonyl (C=O) groups excluding carboxylic acids is 3. The molecule has 0 fully saturated rings. The van der Waals surface area contributed by atoms with E-state index in [4.69, 9.17) is 20.8 Å². The fourth-order valence-corrected chi connectivity index (χ4v) is 5.41. The fraction of sp³-hybridized carbons (Fsp3) is 0.133. The fourth-order valence-electron chi connectivity index (χ4n) is 3.83. The van der Waals surface area contributed by atoms with Crippen LogP contribution < -0.4 is 20.8 Å². The van der Waals surface area contributed by atoms with Gasteiger partial charge in [0, 0.05) is 17.3 Å². The summed E-state index contributed by atoms with van der Waals surface area (Å²) in [5.74, 6) is -1.38. The van der Waals surface area contributed by atoms with Crippen molar-refractivity contribution in [2.75, 3.05) is 19.0 Å². The Balaban J connectivity index is 1.32. The Kier molecular flexibility index (Phi) is 10.9. The van der Waals surface area contributed by atoms with E-state index in [2.05, 4.69) is 21.2 Å². The smallest absolute Gasteiger partial charge is 0.313 e. The number of hydrazone groups is 1. The van der Waals surface area contributed by atoms with Gasteiger partial charge in [-0.3, -0.25) is 14.4 Å². The number of ether oxygens (including phenoxy) is 1. The second kappa shape index (κ2) is 15.0. The van der Waals surface area contributed by atoms with Crippen molar-refractivity contribution < 1.29 is 32.0 Å². The molecule has 14 heteroatoms. The Morgan fingerprint density at radius 2 is 1.70 bits per heavy atom. The maximum Gasteiger partial charge on any atom is 0.313 e. The van der Waals surface area contributed by atoms with Crippen molar-refractivity contribution in [3.63, 3.8) is 0 Å². The van der Waals surface area contributed by atoms with Crippen molar-refractivity contribution in [1.82, 2.24) is 15.0 Å². The van der Waals surface area contributed by atoms with Gasteiger partial charge in [-0.25, -0.2) is 13.8 Å². The topological polar surface area (TPSA) is 159 Å². The number of nitrogens with one attached hydrogen (secondary N) is 3. The van der Waals surface area contributed by atoms with E-state index in [1.165, 1.54) is 43.7 Å². The largest absolute Gasteiger partial charge is 0.497 e. The zero-order chi connectivity index (χ0) is 31.5. The maximum atomic E-state index is 13.4. The van der Waals surface area contributed by atoms with Crippen LogP contribution in [0, 0.1) is 0 Å². The number of benzene rings is 3. The van der Waals surface area contributed by atoms with Gasteiger partial charge in [0.2, 0.25) is 10.0 Å². The van der Waals surface area contributed by atoms with Crippen LogP contribution in [0.25, 0.3) is 0 Å².